The van der Waals surface area contributed by atoms with Gasteiger partial charge in [0.15, 0.2) is 5.69 Å². The first kappa shape index (κ1) is 16.1. The number of benzene rings is 1. The van der Waals surface area contributed by atoms with Gasteiger partial charge in [0.2, 0.25) is 0 Å². The molecule has 0 radical (unpaired) electrons. The monoisotopic (exact) mass is 311 g/mol. The molecule has 2 rings (SSSR count). The van der Waals surface area contributed by atoms with Crippen LogP contribution in [0.4, 0.5) is 19.0 Å². The summed E-state index contributed by atoms with van der Waals surface area (Å²) in [4.78, 5) is 0. The second kappa shape index (κ2) is 6.64. The van der Waals surface area contributed by atoms with E-state index in [0.717, 1.165) is 17.4 Å². The van der Waals surface area contributed by atoms with E-state index in [1.165, 1.54) is 6.07 Å². The molecule has 1 aromatic carbocycles. The molecule has 0 aliphatic rings. The maximum absolute atomic E-state index is 12.4. The number of nitrogens with one attached hydrogen (secondary N) is 1. The second-order valence-electron chi connectivity index (χ2n) is 4.67. The molecule has 1 aromatic heterocycles. The van der Waals surface area contributed by atoms with Crippen LogP contribution in [-0.2, 0) is 6.18 Å². The number of ether oxygens (including phenoxy) is 1. The Balaban J connectivity index is 2.03. The highest BCUT2D eigenvalue weighted by Crippen LogP contribution is 2.27. The fourth-order valence-electron chi connectivity index (χ4n) is 1.88. The fourth-order valence-corrected chi connectivity index (χ4v) is 1.88. The molecule has 0 saturated heterocycles. The Kier molecular flexibility index (Phi) is 4.85. The molecule has 118 valence electrons. The van der Waals surface area contributed by atoms with Gasteiger partial charge in [-0.3, -0.25) is 0 Å². The lowest BCUT2D eigenvalue weighted by molar-refractivity contribution is -0.141. The number of anilines is 1. The number of nitrogens with zero attached hydrogens (tertiary/aromatic N) is 2. The van der Waals surface area contributed by atoms with Crippen molar-refractivity contribution < 1.29 is 17.9 Å². The van der Waals surface area contributed by atoms with E-state index in [1.54, 1.807) is 0 Å². The van der Waals surface area contributed by atoms with E-state index in [1.807, 2.05) is 38.1 Å². The van der Waals surface area contributed by atoms with Gasteiger partial charge >= 0.3 is 6.18 Å². The second-order valence-corrected chi connectivity index (χ2v) is 4.67. The summed E-state index contributed by atoms with van der Waals surface area (Å²) in [6, 6.07) is 9.51. The van der Waals surface area contributed by atoms with Gasteiger partial charge in [-0.15, -0.1) is 10.2 Å². The van der Waals surface area contributed by atoms with Crippen molar-refractivity contribution in [3.63, 3.8) is 0 Å². The highest BCUT2D eigenvalue weighted by Gasteiger charge is 2.32. The minimum absolute atomic E-state index is 0.123. The highest BCUT2D eigenvalue weighted by molar-refractivity contribution is 5.38. The van der Waals surface area contributed by atoms with Crippen LogP contribution < -0.4 is 10.1 Å². The van der Waals surface area contributed by atoms with E-state index in [2.05, 4.69) is 15.5 Å². The Labute approximate surface area is 126 Å². The van der Waals surface area contributed by atoms with Crippen LogP contribution in [0.2, 0.25) is 0 Å². The molecule has 0 saturated carbocycles. The average molecular weight is 311 g/mol. The third-order valence-corrected chi connectivity index (χ3v) is 3.01. The normalized spacial score (nSPS) is 12.8. The molecule has 1 atom stereocenters. The highest BCUT2D eigenvalue weighted by atomic mass is 19.4. The van der Waals surface area contributed by atoms with Crippen molar-refractivity contribution in [3.05, 3.63) is 47.7 Å². The number of aromatic nitrogens is 2. The summed E-state index contributed by atoms with van der Waals surface area (Å²) in [6.45, 7) is 4.38. The summed E-state index contributed by atoms with van der Waals surface area (Å²) in [5, 5.41) is 9.74. The van der Waals surface area contributed by atoms with Gasteiger partial charge in [0.1, 0.15) is 11.6 Å². The van der Waals surface area contributed by atoms with Crippen molar-refractivity contribution in [1.29, 1.82) is 0 Å². The molecule has 0 spiro atoms. The number of alkyl halides is 3. The zero-order valence-electron chi connectivity index (χ0n) is 12.2. The Hall–Kier alpha value is -2.31. The molecular weight excluding hydrogens is 295 g/mol. The van der Waals surface area contributed by atoms with E-state index in [-0.39, 0.29) is 11.9 Å². The quantitative estimate of drug-likeness (QED) is 0.904. The molecule has 0 aliphatic heterocycles. The van der Waals surface area contributed by atoms with Crippen LogP contribution in [0.15, 0.2) is 36.4 Å². The predicted octanol–water partition coefficient (Wildman–Crippen LogP) is 4.07. The van der Waals surface area contributed by atoms with Gasteiger partial charge in [0, 0.05) is 0 Å². The molecule has 0 bridgehead atoms. The number of rotatable bonds is 5. The molecule has 4 nitrogen and oxygen atoms in total. The molecular formula is C15H16F3N3O. The van der Waals surface area contributed by atoms with E-state index < -0.39 is 11.9 Å². The number of hydrogen-bond donors (Lipinski definition) is 1. The van der Waals surface area contributed by atoms with E-state index in [4.69, 9.17) is 4.74 Å². The standard InChI is InChI=1S/C15H16F3N3O/c1-3-22-12-6-4-11(5-7-12)10(2)19-14-9-8-13(20-21-14)15(16,17)18/h4-10H,3H2,1-2H3,(H,19,21). The van der Waals surface area contributed by atoms with Crippen LogP contribution in [0.1, 0.15) is 31.1 Å². The van der Waals surface area contributed by atoms with Crippen LogP contribution in [0.5, 0.6) is 5.75 Å². The molecule has 0 amide bonds. The third kappa shape index (κ3) is 4.09. The van der Waals surface area contributed by atoms with Gasteiger partial charge in [-0.1, -0.05) is 12.1 Å². The third-order valence-electron chi connectivity index (χ3n) is 3.01. The topological polar surface area (TPSA) is 47.0 Å². The van der Waals surface area contributed by atoms with Crippen molar-refractivity contribution in [3.8, 4) is 5.75 Å². The van der Waals surface area contributed by atoms with Gasteiger partial charge in [0.05, 0.1) is 12.6 Å². The maximum Gasteiger partial charge on any atom is 0.435 e. The maximum atomic E-state index is 12.4. The first-order valence-electron chi connectivity index (χ1n) is 6.80. The van der Waals surface area contributed by atoms with E-state index in [9.17, 15) is 13.2 Å². The minimum atomic E-state index is -4.48. The first-order valence-corrected chi connectivity index (χ1v) is 6.80. The Morgan fingerprint density at radius 3 is 2.27 bits per heavy atom. The first-order chi connectivity index (χ1) is 10.4. The molecule has 1 N–H and O–H groups in total. The Morgan fingerprint density at radius 1 is 1.09 bits per heavy atom. The Morgan fingerprint density at radius 2 is 1.77 bits per heavy atom. The van der Waals surface area contributed by atoms with Crippen molar-refractivity contribution in [2.75, 3.05) is 11.9 Å². The lowest BCUT2D eigenvalue weighted by Crippen LogP contribution is -2.12. The summed E-state index contributed by atoms with van der Waals surface area (Å²) in [5.74, 6) is 1.06. The van der Waals surface area contributed by atoms with Crippen LogP contribution in [0.3, 0.4) is 0 Å². The lowest BCUT2D eigenvalue weighted by Gasteiger charge is -2.15. The van der Waals surface area contributed by atoms with Gasteiger partial charge in [-0.25, -0.2) is 0 Å². The average Bonchev–Trinajstić information content (AvgIpc) is 2.48. The van der Waals surface area contributed by atoms with Gasteiger partial charge in [-0.05, 0) is 43.7 Å². The molecule has 0 fully saturated rings. The zero-order chi connectivity index (χ0) is 16.2. The van der Waals surface area contributed by atoms with E-state index in [0.29, 0.717) is 6.61 Å². The summed E-state index contributed by atoms with van der Waals surface area (Å²) in [7, 11) is 0. The molecule has 7 heteroatoms. The van der Waals surface area contributed by atoms with Crippen LogP contribution >= 0.6 is 0 Å². The van der Waals surface area contributed by atoms with Gasteiger partial charge < -0.3 is 10.1 Å². The number of halogens is 3. The van der Waals surface area contributed by atoms with Crippen LogP contribution in [0.25, 0.3) is 0 Å². The summed E-state index contributed by atoms with van der Waals surface area (Å²) >= 11 is 0. The minimum Gasteiger partial charge on any atom is -0.494 e. The SMILES string of the molecule is CCOc1ccc(C(C)Nc2ccc(C(F)(F)F)nn2)cc1. The summed E-state index contributed by atoms with van der Waals surface area (Å²) in [6.07, 6.45) is -4.48. The molecule has 22 heavy (non-hydrogen) atoms. The van der Waals surface area contributed by atoms with Gasteiger partial charge in [-0.2, -0.15) is 13.2 Å². The van der Waals surface area contributed by atoms with Crippen LogP contribution in [-0.4, -0.2) is 16.8 Å². The molecule has 1 heterocycles. The van der Waals surface area contributed by atoms with Crippen molar-refractivity contribution in [1.82, 2.24) is 10.2 Å². The Bertz CT molecular complexity index is 597. The smallest absolute Gasteiger partial charge is 0.435 e. The fraction of sp³-hybridized carbons (Fsp3) is 0.333. The van der Waals surface area contributed by atoms with Crippen molar-refractivity contribution in [2.45, 2.75) is 26.1 Å². The largest absolute Gasteiger partial charge is 0.494 e. The van der Waals surface area contributed by atoms with Crippen molar-refractivity contribution >= 4 is 5.82 Å². The molecule has 0 aliphatic carbocycles. The zero-order valence-corrected chi connectivity index (χ0v) is 12.2. The number of hydrogen-bond acceptors (Lipinski definition) is 4. The summed E-state index contributed by atoms with van der Waals surface area (Å²) < 4.78 is 42.6. The van der Waals surface area contributed by atoms with E-state index >= 15 is 0 Å². The van der Waals surface area contributed by atoms with Crippen molar-refractivity contribution in [2.24, 2.45) is 0 Å². The van der Waals surface area contributed by atoms with Gasteiger partial charge in [0.25, 0.3) is 0 Å². The van der Waals surface area contributed by atoms with Crippen LogP contribution in [0, 0.1) is 0 Å². The predicted molar refractivity (Wildman–Crippen MR) is 76.7 cm³/mol. The summed E-state index contributed by atoms with van der Waals surface area (Å²) in [5.41, 5.74) is -0.0445. The molecule has 2 aromatic rings. The lowest BCUT2D eigenvalue weighted by atomic mass is 10.1. The molecule has 1 unspecified atom stereocenters.